The Kier molecular flexibility index (Phi) is 10.6. The largest absolute Gasteiger partial charge is 0.190 e. The normalized spacial score (nSPS) is 12.0. The van der Waals surface area contributed by atoms with E-state index >= 15 is 0 Å². The van der Waals surface area contributed by atoms with Crippen LogP contribution in [0.4, 0.5) is 0 Å². The maximum absolute atomic E-state index is 5.66. The smallest absolute Gasteiger partial charge is 0.0837 e. The molecule has 0 heterocycles. The summed E-state index contributed by atoms with van der Waals surface area (Å²) in [5, 5.41) is 0. The Morgan fingerprint density at radius 1 is 0.667 bits per heavy atom. The molecule has 0 rings (SSSR count). The third-order valence-corrected chi connectivity index (χ3v) is 3.13. The second-order valence-electron chi connectivity index (χ2n) is 4.19. The first-order chi connectivity index (χ1) is 7.06. The standard InChI is InChI=1S/C12H23Cl3/c1-2-3-4-5-6-7-8-9-10-11-12(13,14)15/h2-11H2,1H3. The SMILES string of the molecule is CCCCCCCCCCCC(Cl)(Cl)Cl. The van der Waals surface area contributed by atoms with Gasteiger partial charge in [0.15, 0.2) is 3.79 Å². The molecule has 0 saturated heterocycles. The van der Waals surface area contributed by atoms with Crippen molar-refractivity contribution in [2.45, 2.75) is 74.9 Å². The van der Waals surface area contributed by atoms with E-state index in [9.17, 15) is 0 Å². The average Bonchev–Trinajstić information content (AvgIpc) is 2.14. The molecule has 0 saturated carbocycles. The lowest BCUT2D eigenvalue weighted by Gasteiger charge is -2.09. The number of hydrogen-bond acceptors (Lipinski definition) is 0. The molecule has 0 radical (unpaired) electrons. The van der Waals surface area contributed by atoms with Crippen LogP contribution in [0.25, 0.3) is 0 Å². The van der Waals surface area contributed by atoms with E-state index in [0.29, 0.717) is 6.42 Å². The van der Waals surface area contributed by atoms with Crippen LogP contribution < -0.4 is 0 Å². The average molecular weight is 274 g/mol. The van der Waals surface area contributed by atoms with Gasteiger partial charge in [0.05, 0.1) is 0 Å². The number of alkyl halides is 3. The van der Waals surface area contributed by atoms with Gasteiger partial charge in [-0.2, -0.15) is 0 Å². The van der Waals surface area contributed by atoms with Crippen molar-refractivity contribution in [1.29, 1.82) is 0 Å². The third-order valence-electron chi connectivity index (χ3n) is 2.56. The molecule has 0 atom stereocenters. The Hall–Kier alpha value is 0.870. The molecule has 15 heavy (non-hydrogen) atoms. The van der Waals surface area contributed by atoms with Gasteiger partial charge in [-0.05, 0) is 12.8 Å². The van der Waals surface area contributed by atoms with Gasteiger partial charge in [-0.25, -0.2) is 0 Å². The maximum Gasteiger partial charge on any atom is 0.190 e. The minimum atomic E-state index is -1.04. The molecule has 0 bridgehead atoms. The van der Waals surface area contributed by atoms with Crippen molar-refractivity contribution >= 4 is 34.8 Å². The first kappa shape index (κ1) is 15.9. The van der Waals surface area contributed by atoms with Crippen LogP contribution in [0.5, 0.6) is 0 Å². The lowest BCUT2D eigenvalue weighted by Crippen LogP contribution is -2.00. The van der Waals surface area contributed by atoms with E-state index in [4.69, 9.17) is 34.8 Å². The molecule has 3 heteroatoms. The van der Waals surface area contributed by atoms with Crippen LogP contribution in [0.2, 0.25) is 0 Å². The second kappa shape index (κ2) is 10.1. The summed E-state index contributed by atoms with van der Waals surface area (Å²) in [6, 6.07) is 0. The summed E-state index contributed by atoms with van der Waals surface area (Å²) in [5.41, 5.74) is 0. The van der Waals surface area contributed by atoms with E-state index in [1.165, 1.54) is 51.4 Å². The predicted octanol–water partition coefficient (Wildman–Crippen LogP) is 6.28. The summed E-state index contributed by atoms with van der Waals surface area (Å²) >= 11 is 17.0. The molecule has 92 valence electrons. The minimum Gasteiger partial charge on any atom is -0.0837 e. The van der Waals surface area contributed by atoms with Gasteiger partial charge in [-0.1, -0.05) is 93.1 Å². The number of unbranched alkanes of at least 4 members (excludes halogenated alkanes) is 8. The molecule has 0 aromatic carbocycles. The van der Waals surface area contributed by atoms with Crippen LogP contribution in [-0.2, 0) is 0 Å². The topological polar surface area (TPSA) is 0 Å². The molecule has 0 spiro atoms. The fourth-order valence-corrected chi connectivity index (χ4v) is 2.04. The van der Waals surface area contributed by atoms with Gasteiger partial charge in [-0.15, -0.1) is 0 Å². The van der Waals surface area contributed by atoms with Gasteiger partial charge in [0.2, 0.25) is 0 Å². The van der Waals surface area contributed by atoms with E-state index in [0.717, 1.165) is 6.42 Å². The van der Waals surface area contributed by atoms with Crippen molar-refractivity contribution in [2.75, 3.05) is 0 Å². The molecule has 0 aromatic rings. The van der Waals surface area contributed by atoms with Gasteiger partial charge < -0.3 is 0 Å². The first-order valence-electron chi connectivity index (χ1n) is 6.13. The van der Waals surface area contributed by atoms with Crippen molar-refractivity contribution in [3.05, 3.63) is 0 Å². The summed E-state index contributed by atoms with van der Waals surface area (Å²) in [4.78, 5) is 0. The van der Waals surface area contributed by atoms with Gasteiger partial charge in [0.25, 0.3) is 0 Å². The summed E-state index contributed by atoms with van der Waals surface area (Å²) in [6.45, 7) is 2.25. The Morgan fingerprint density at radius 3 is 1.47 bits per heavy atom. The number of hydrogen-bond donors (Lipinski definition) is 0. The van der Waals surface area contributed by atoms with Crippen molar-refractivity contribution in [3.8, 4) is 0 Å². The lowest BCUT2D eigenvalue weighted by molar-refractivity contribution is 0.558. The fraction of sp³-hybridized carbons (Fsp3) is 1.00. The molecule has 0 unspecified atom stereocenters. The van der Waals surface area contributed by atoms with Crippen molar-refractivity contribution in [3.63, 3.8) is 0 Å². The molecular weight excluding hydrogens is 250 g/mol. The molecular formula is C12H23Cl3. The van der Waals surface area contributed by atoms with E-state index in [-0.39, 0.29) is 0 Å². The number of rotatable bonds is 9. The molecule has 0 aliphatic carbocycles. The van der Waals surface area contributed by atoms with Crippen LogP contribution in [0, 0.1) is 0 Å². The van der Waals surface area contributed by atoms with E-state index in [2.05, 4.69) is 6.92 Å². The van der Waals surface area contributed by atoms with Gasteiger partial charge >= 0.3 is 0 Å². The van der Waals surface area contributed by atoms with Crippen LogP contribution in [0.15, 0.2) is 0 Å². The van der Waals surface area contributed by atoms with Crippen molar-refractivity contribution in [1.82, 2.24) is 0 Å². The van der Waals surface area contributed by atoms with E-state index in [1.807, 2.05) is 0 Å². The van der Waals surface area contributed by atoms with Gasteiger partial charge in [0, 0.05) is 0 Å². The van der Waals surface area contributed by atoms with Crippen LogP contribution in [-0.4, -0.2) is 3.79 Å². The highest BCUT2D eigenvalue weighted by molar-refractivity contribution is 6.67. The summed E-state index contributed by atoms with van der Waals surface area (Å²) in [5.74, 6) is 0. The monoisotopic (exact) mass is 272 g/mol. The highest BCUT2D eigenvalue weighted by Crippen LogP contribution is 2.32. The summed E-state index contributed by atoms with van der Waals surface area (Å²) in [6.07, 6.45) is 12.4. The summed E-state index contributed by atoms with van der Waals surface area (Å²) in [7, 11) is 0. The van der Waals surface area contributed by atoms with Crippen molar-refractivity contribution < 1.29 is 0 Å². The second-order valence-corrected chi connectivity index (χ2v) is 6.71. The minimum absolute atomic E-state index is 0.688. The van der Waals surface area contributed by atoms with Crippen LogP contribution in [0.3, 0.4) is 0 Å². The molecule has 0 aliphatic rings. The highest BCUT2D eigenvalue weighted by Gasteiger charge is 2.17. The van der Waals surface area contributed by atoms with Crippen molar-refractivity contribution in [2.24, 2.45) is 0 Å². The van der Waals surface area contributed by atoms with Crippen LogP contribution >= 0.6 is 34.8 Å². The molecule has 0 amide bonds. The molecule has 0 aromatic heterocycles. The zero-order valence-corrected chi connectivity index (χ0v) is 12.0. The number of halogens is 3. The summed E-state index contributed by atoms with van der Waals surface area (Å²) < 4.78 is -1.04. The van der Waals surface area contributed by atoms with Gasteiger partial charge in [0.1, 0.15) is 0 Å². The van der Waals surface area contributed by atoms with Gasteiger partial charge in [-0.3, -0.25) is 0 Å². The fourth-order valence-electron chi connectivity index (χ4n) is 1.64. The van der Waals surface area contributed by atoms with Crippen LogP contribution in [0.1, 0.15) is 71.1 Å². The Morgan fingerprint density at radius 2 is 1.07 bits per heavy atom. The highest BCUT2D eigenvalue weighted by atomic mass is 35.6. The maximum atomic E-state index is 5.66. The van der Waals surface area contributed by atoms with E-state index < -0.39 is 3.79 Å². The zero-order valence-electron chi connectivity index (χ0n) is 9.70. The molecule has 0 nitrogen and oxygen atoms in total. The predicted molar refractivity (Wildman–Crippen MR) is 72.1 cm³/mol. The zero-order chi connectivity index (χ0) is 11.6. The van der Waals surface area contributed by atoms with E-state index in [1.54, 1.807) is 0 Å². The quantitative estimate of drug-likeness (QED) is 0.343. The third kappa shape index (κ3) is 14.9. The molecule has 0 fully saturated rings. The first-order valence-corrected chi connectivity index (χ1v) is 7.26. The molecule has 0 aliphatic heterocycles. The Labute approximate surface area is 110 Å². The molecule has 0 N–H and O–H groups in total. The Balaban J connectivity index is 2.99. The lowest BCUT2D eigenvalue weighted by atomic mass is 10.1. The Bertz CT molecular complexity index is 129.